The van der Waals surface area contributed by atoms with Crippen molar-refractivity contribution in [3.8, 4) is 0 Å². The molecule has 7 aliphatic carbocycles. The minimum absolute atomic E-state index is 0.556. The van der Waals surface area contributed by atoms with E-state index in [-0.39, 0.29) is 0 Å². The number of hydrogen-bond donors (Lipinski definition) is 0. The van der Waals surface area contributed by atoms with Crippen LogP contribution in [-0.2, 0) is 17.0 Å². The maximum absolute atomic E-state index is 5.84. The van der Waals surface area contributed by atoms with E-state index >= 15 is 0 Å². The van der Waals surface area contributed by atoms with E-state index in [2.05, 4.69) is 0 Å². The molecule has 2 nitrogen and oxygen atoms in total. The Morgan fingerprint density at radius 3 is 1.08 bits per heavy atom. The van der Waals surface area contributed by atoms with E-state index in [1.54, 1.807) is 25.7 Å². The van der Waals surface area contributed by atoms with Crippen LogP contribution in [0.15, 0.2) is 0 Å². The Hall–Kier alpha value is 1.21. The number of hydrogen-bond acceptors (Lipinski definition) is 0. The average Bonchev–Trinajstić information content (AvgIpc) is 2.97. The average molecular weight is 612 g/mol. The summed E-state index contributed by atoms with van der Waals surface area (Å²) >= 11 is -0.556. The standard InChI is InChI=1S/C34H56N2.2ClH.Ti/c1-3-11-25-21-29-27(19-23(25)9-1)13-7-17-31(29)35-33-15-5-6-16-34(33)36-32-18-8-14-28-20-24-10-2-4-12-26(24)22-30(28)32;;;/h23-34H,1-22H2;2*1H;/q-2;;;+2/p-2. The monoisotopic (exact) mass is 610 g/mol. The topological polar surface area (TPSA) is 28.2 Å². The normalized spacial score (nSPS) is 47.7. The molecule has 7 saturated carbocycles. The zero-order valence-corrected chi connectivity index (χ0v) is 27.7. The van der Waals surface area contributed by atoms with E-state index in [4.69, 9.17) is 29.2 Å². The van der Waals surface area contributed by atoms with Crippen LogP contribution in [-0.4, -0.2) is 24.2 Å². The summed E-state index contributed by atoms with van der Waals surface area (Å²) in [4.78, 5) is 0. The molecule has 0 aromatic heterocycles. The Bertz CT molecular complexity index is 693. The molecule has 7 fully saturated rings. The summed E-state index contributed by atoms with van der Waals surface area (Å²) in [5.41, 5.74) is 0. The summed E-state index contributed by atoms with van der Waals surface area (Å²) in [6.45, 7) is 0. The first-order valence-corrected chi connectivity index (χ1v) is 21.9. The second-order valence-corrected chi connectivity index (χ2v) is 17.8. The van der Waals surface area contributed by atoms with Gasteiger partial charge in [0.2, 0.25) is 0 Å². The van der Waals surface area contributed by atoms with Gasteiger partial charge in [-0.05, 0) is 61.2 Å². The van der Waals surface area contributed by atoms with Crippen LogP contribution in [0, 0.1) is 47.3 Å². The van der Waals surface area contributed by atoms with Crippen LogP contribution in [0.4, 0.5) is 0 Å². The predicted octanol–water partition coefficient (Wildman–Crippen LogP) is 11.2. The third-order valence-corrected chi connectivity index (χ3v) is 13.3. The second kappa shape index (κ2) is 14.8. The maximum atomic E-state index is 5.84. The molecule has 5 heteroatoms. The van der Waals surface area contributed by atoms with Gasteiger partial charge in [0.15, 0.2) is 0 Å². The third-order valence-electron chi connectivity index (χ3n) is 13.3. The molecule has 0 N–H and O–H groups in total. The van der Waals surface area contributed by atoms with Crippen molar-refractivity contribution in [1.29, 1.82) is 0 Å². The molecule has 0 heterocycles. The predicted molar refractivity (Wildman–Crippen MR) is 163 cm³/mol. The first-order valence-electron chi connectivity index (χ1n) is 17.6. The van der Waals surface area contributed by atoms with Crippen molar-refractivity contribution in [2.75, 3.05) is 0 Å². The van der Waals surface area contributed by atoms with Crippen LogP contribution < -0.4 is 0 Å². The zero-order chi connectivity index (χ0) is 26.6. The molecule has 12 unspecified atom stereocenters. The van der Waals surface area contributed by atoms with E-state index in [1.807, 2.05) is 0 Å². The van der Waals surface area contributed by atoms with Crippen LogP contribution >= 0.6 is 18.6 Å². The molecule has 0 aliphatic heterocycles. The third kappa shape index (κ3) is 7.31. The van der Waals surface area contributed by atoms with E-state index in [0.717, 1.165) is 47.3 Å². The van der Waals surface area contributed by atoms with Crippen molar-refractivity contribution >= 4 is 18.6 Å². The second-order valence-electron chi connectivity index (χ2n) is 15.2. The first kappa shape index (κ1) is 30.2. The fraction of sp³-hybridized carbons (Fsp3) is 1.00. The van der Waals surface area contributed by atoms with Gasteiger partial charge in [-0.2, -0.15) is 12.1 Å². The molecule has 7 rings (SSSR count). The van der Waals surface area contributed by atoms with Crippen molar-refractivity contribution in [1.82, 2.24) is 0 Å². The molecule has 7 aliphatic rings. The summed E-state index contributed by atoms with van der Waals surface area (Å²) in [5, 5.41) is 11.7. The molecule has 0 bridgehead atoms. The molecular formula is C34H56Cl2N2Ti-2. The number of rotatable bonds is 4. The van der Waals surface area contributed by atoms with Gasteiger partial charge in [0.25, 0.3) is 0 Å². The Labute approximate surface area is 257 Å². The van der Waals surface area contributed by atoms with Gasteiger partial charge in [0.05, 0.1) is 0 Å². The number of nitrogens with zero attached hydrogens (tertiary/aromatic N) is 2. The zero-order valence-electron chi connectivity index (χ0n) is 24.6. The van der Waals surface area contributed by atoms with Gasteiger partial charge in [-0.1, -0.05) is 127 Å². The van der Waals surface area contributed by atoms with Crippen molar-refractivity contribution in [3.63, 3.8) is 0 Å². The van der Waals surface area contributed by atoms with Gasteiger partial charge in [-0.3, -0.25) is 0 Å². The van der Waals surface area contributed by atoms with Crippen molar-refractivity contribution in [2.24, 2.45) is 47.3 Å². The molecule has 12 atom stereocenters. The van der Waals surface area contributed by atoms with Crippen LogP contribution in [0.1, 0.15) is 141 Å². The summed E-state index contributed by atoms with van der Waals surface area (Å²) in [7, 11) is 9.78. The van der Waals surface area contributed by atoms with Crippen LogP contribution in [0.5, 0.6) is 0 Å². The molecule has 0 spiro atoms. The number of fused-ring (bicyclic) bond motifs is 4. The van der Waals surface area contributed by atoms with E-state index in [1.165, 1.54) is 116 Å². The Morgan fingerprint density at radius 2 is 0.667 bits per heavy atom. The van der Waals surface area contributed by atoms with Gasteiger partial charge in [0, 0.05) is 0 Å². The fourth-order valence-corrected chi connectivity index (χ4v) is 11.5. The van der Waals surface area contributed by atoms with Crippen LogP contribution in [0.2, 0.25) is 0 Å². The molecule has 222 valence electrons. The van der Waals surface area contributed by atoms with E-state index in [9.17, 15) is 0 Å². The van der Waals surface area contributed by atoms with E-state index in [0.29, 0.717) is 24.2 Å². The summed E-state index contributed by atoms with van der Waals surface area (Å²) in [6.07, 6.45) is 32.7. The first-order chi connectivity index (χ1) is 19.2. The summed E-state index contributed by atoms with van der Waals surface area (Å²) in [6, 6.07) is 2.50. The van der Waals surface area contributed by atoms with E-state index < -0.39 is 17.0 Å². The van der Waals surface area contributed by atoms with Gasteiger partial charge in [0.1, 0.15) is 0 Å². The Balaban J connectivity index is 0.000000883. The Morgan fingerprint density at radius 1 is 0.359 bits per heavy atom. The molecule has 0 aromatic carbocycles. The molecule has 39 heavy (non-hydrogen) atoms. The molecule has 0 aromatic rings. The summed E-state index contributed by atoms with van der Waals surface area (Å²) in [5.74, 6) is 8.15. The number of halogens is 2. The molecule has 0 saturated heterocycles. The minimum atomic E-state index is -0.556. The van der Waals surface area contributed by atoms with Gasteiger partial charge < -0.3 is 10.6 Å². The summed E-state index contributed by atoms with van der Waals surface area (Å²) < 4.78 is 0. The fourth-order valence-electron chi connectivity index (χ4n) is 11.5. The SMILES string of the molecule is C1CCC2CC3C(CCCC3[N-]C3CCCCC3[N-]C3CCCC4CC5CCCCC5CC43)CC2C1.[Cl][Ti][Cl]. The van der Waals surface area contributed by atoms with Gasteiger partial charge in [-0.15, -0.1) is 12.1 Å². The van der Waals surface area contributed by atoms with Crippen LogP contribution in [0.3, 0.4) is 0 Å². The molecule has 0 amide bonds. The van der Waals surface area contributed by atoms with Gasteiger partial charge in [-0.25, -0.2) is 0 Å². The molecular weight excluding hydrogens is 555 g/mol. The quantitative estimate of drug-likeness (QED) is 0.283. The van der Waals surface area contributed by atoms with Gasteiger partial charge >= 0.3 is 35.6 Å². The van der Waals surface area contributed by atoms with Crippen LogP contribution in [0.25, 0.3) is 10.6 Å². The van der Waals surface area contributed by atoms with Crippen molar-refractivity contribution < 1.29 is 17.0 Å². The Kier molecular flexibility index (Phi) is 11.5. The van der Waals surface area contributed by atoms with Crippen molar-refractivity contribution in [2.45, 2.75) is 165 Å². The van der Waals surface area contributed by atoms with Crippen molar-refractivity contribution in [3.05, 3.63) is 10.6 Å². The molecule has 0 radical (unpaired) electrons.